The Morgan fingerprint density at radius 3 is 2.83 bits per heavy atom. The number of hydrogen-bond acceptors (Lipinski definition) is 6. The normalized spacial score (nSPS) is 25.3. The van der Waals surface area contributed by atoms with Gasteiger partial charge >= 0.3 is 0 Å². The zero-order chi connectivity index (χ0) is 20.9. The van der Waals surface area contributed by atoms with Gasteiger partial charge in [0.2, 0.25) is 5.91 Å². The molecule has 0 spiro atoms. The Morgan fingerprint density at radius 2 is 2.14 bits per heavy atom. The lowest BCUT2D eigenvalue weighted by molar-refractivity contribution is -0.140. The second-order valence-corrected chi connectivity index (χ2v) is 9.97. The van der Waals surface area contributed by atoms with Crippen molar-refractivity contribution >= 4 is 39.2 Å². The molecule has 4 atom stereocenters. The number of nitrogens with one attached hydrogen (secondary N) is 1. The van der Waals surface area contributed by atoms with Crippen LogP contribution in [0.3, 0.4) is 0 Å². The predicted octanol–water partition coefficient (Wildman–Crippen LogP) is 2.26. The molecule has 2 amide bonds. The first-order valence-corrected chi connectivity index (χ1v) is 10.6. The van der Waals surface area contributed by atoms with E-state index >= 15 is 0 Å². The summed E-state index contributed by atoms with van der Waals surface area (Å²) in [7, 11) is 0. The third kappa shape index (κ3) is 3.55. The van der Waals surface area contributed by atoms with Crippen molar-refractivity contribution in [2.75, 3.05) is 13.2 Å². The molecule has 29 heavy (non-hydrogen) atoms. The van der Waals surface area contributed by atoms with Crippen LogP contribution in [0.4, 0.5) is 0 Å². The molecule has 2 aromatic heterocycles. The van der Waals surface area contributed by atoms with Gasteiger partial charge in [-0.1, -0.05) is 33.8 Å². The molecule has 2 unspecified atom stereocenters. The minimum Gasteiger partial charge on any atom is -0.367 e. The summed E-state index contributed by atoms with van der Waals surface area (Å²) in [6.07, 6.45) is 1.43. The van der Waals surface area contributed by atoms with Crippen molar-refractivity contribution in [1.82, 2.24) is 15.2 Å². The van der Waals surface area contributed by atoms with Gasteiger partial charge in [0, 0.05) is 24.0 Å². The maximum absolute atomic E-state index is 13.5. The number of pyridine rings is 1. The molecule has 1 N–H and O–H groups in total. The lowest BCUT2D eigenvalue weighted by Crippen LogP contribution is -2.57. The fourth-order valence-electron chi connectivity index (χ4n) is 4.12. The highest BCUT2D eigenvalue weighted by molar-refractivity contribution is 7.20. The molecule has 2 saturated heterocycles. The summed E-state index contributed by atoms with van der Waals surface area (Å²) in [5.74, 6) is -0.523. The lowest BCUT2D eigenvalue weighted by Gasteiger charge is -2.34. The molecular weight excluding hydrogens is 390 g/mol. The van der Waals surface area contributed by atoms with E-state index in [1.165, 1.54) is 11.3 Å². The summed E-state index contributed by atoms with van der Waals surface area (Å²) in [5.41, 5.74) is -0.522. The Bertz CT molecular complexity index is 947. The molecule has 0 bridgehead atoms. The number of carbonyl (C=O) groups excluding carboxylic acids is 3. The predicted molar refractivity (Wildman–Crippen MR) is 110 cm³/mol. The topological polar surface area (TPSA) is 88.6 Å². The number of aromatic nitrogens is 1. The minimum atomic E-state index is -0.757. The van der Waals surface area contributed by atoms with E-state index in [-0.39, 0.29) is 36.2 Å². The number of Topliss-reactive ketones (excluding diaryl/α,β-unsaturated/α-hetero) is 1. The van der Waals surface area contributed by atoms with Crippen LogP contribution < -0.4 is 5.32 Å². The summed E-state index contributed by atoms with van der Waals surface area (Å²) in [6.45, 7) is 8.21. The van der Waals surface area contributed by atoms with Crippen molar-refractivity contribution in [3.05, 3.63) is 29.3 Å². The lowest BCUT2D eigenvalue weighted by atomic mass is 9.85. The quantitative estimate of drug-likeness (QED) is 0.831. The van der Waals surface area contributed by atoms with Crippen molar-refractivity contribution in [2.45, 2.75) is 45.9 Å². The van der Waals surface area contributed by atoms with Gasteiger partial charge in [-0.25, -0.2) is 4.98 Å². The number of fused-ring (bicyclic) bond motifs is 2. The molecule has 4 heterocycles. The van der Waals surface area contributed by atoms with Crippen LogP contribution in [0.5, 0.6) is 0 Å². The first kappa shape index (κ1) is 20.0. The number of nitrogens with zero attached hydrogens (tertiary/aromatic N) is 2. The van der Waals surface area contributed by atoms with Crippen molar-refractivity contribution in [3.8, 4) is 0 Å². The highest BCUT2D eigenvalue weighted by atomic mass is 32.1. The number of ether oxygens (including phenoxy) is 1. The highest BCUT2D eigenvalue weighted by Crippen LogP contribution is 2.34. The molecular formula is C21H25N3O4S. The number of ketones is 1. The first-order valence-electron chi connectivity index (χ1n) is 9.77. The molecule has 0 aliphatic carbocycles. The Kier molecular flexibility index (Phi) is 4.94. The number of likely N-dealkylation sites (tertiary alicyclic amines) is 1. The van der Waals surface area contributed by atoms with Crippen molar-refractivity contribution in [3.63, 3.8) is 0 Å². The average Bonchev–Trinajstić information content (AvgIpc) is 3.34. The largest absolute Gasteiger partial charge is 0.367 e. The molecule has 0 aromatic carbocycles. The fraction of sp³-hybridized carbons (Fsp3) is 0.524. The molecule has 2 aliphatic rings. The number of thiophene rings is 1. The molecule has 154 valence electrons. The van der Waals surface area contributed by atoms with Crippen LogP contribution in [0.15, 0.2) is 24.4 Å². The fourth-order valence-corrected chi connectivity index (χ4v) is 5.03. The Morgan fingerprint density at radius 1 is 1.38 bits per heavy atom. The molecule has 7 nitrogen and oxygen atoms in total. The first-order chi connectivity index (χ1) is 13.7. The van der Waals surface area contributed by atoms with Crippen LogP contribution in [0, 0.1) is 11.3 Å². The maximum Gasteiger partial charge on any atom is 0.262 e. The monoisotopic (exact) mass is 415 g/mol. The zero-order valence-electron chi connectivity index (χ0n) is 17.0. The van der Waals surface area contributed by atoms with E-state index in [0.29, 0.717) is 11.4 Å². The standard InChI is InChI=1S/C21H25N3O4S/c1-11-9-24(15-13(25)10-28-16(11)15)20(27)17(21(2,3)4)23-18(26)14-8-12-6-5-7-22-19(12)29-14/h5-8,11,15-17H,9-10H2,1-4H3,(H,23,26)/t11?,15-,16-,17?/m1/s1. The second-order valence-electron chi connectivity index (χ2n) is 8.94. The van der Waals surface area contributed by atoms with E-state index in [9.17, 15) is 14.4 Å². The van der Waals surface area contributed by atoms with Gasteiger partial charge in [0.05, 0.1) is 11.0 Å². The molecule has 8 heteroatoms. The van der Waals surface area contributed by atoms with Crippen LogP contribution in [0.25, 0.3) is 10.2 Å². The van der Waals surface area contributed by atoms with Crippen LogP contribution in [-0.2, 0) is 14.3 Å². The summed E-state index contributed by atoms with van der Waals surface area (Å²) in [5, 5.41) is 3.82. The van der Waals surface area contributed by atoms with Gasteiger partial charge in [0.25, 0.3) is 5.91 Å². The third-order valence-corrected chi connectivity index (χ3v) is 6.69. The third-order valence-electron chi connectivity index (χ3n) is 5.63. The summed E-state index contributed by atoms with van der Waals surface area (Å²) < 4.78 is 5.60. The minimum absolute atomic E-state index is 0.0464. The summed E-state index contributed by atoms with van der Waals surface area (Å²) in [6, 6.07) is 4.21. The van der Waals surface area contributed by atoms with Crippen molar-refractivity contribution < 1.29 is 19.1 Å². The molecule has 2 fully saturated rings. The van der Waals surface area contributed by atoms with Crippen molar-refractivity contribution in [1.29, 1.82) is 0 Å². The maximum atomic E-state index is 13.5. The molecule has 0 radical (unpaired) electrons. The summed E-state index contributed by atoms with van der Waals surface area (Å²) in [4.78, 5) is 45.9. The number of carbonyl (C=O) groups is 3. The molecule has 4 rings (SSSR count). The van der Waals surface area contributed by atoms with E-state index in [2.05, 4.69) is 10.3 Å². The Balaban J connectivity index is 1.58. The van der Waals surface area contributed by atoms with Gasteiger partial charge in [-0.05, 0) is 17.5 Å². The molecule has 2 aliphatic heterocycles. The number of amides is 2. The van der Waals surface area contributed by atoms with Gasteiger partial charge in [-0.3, -0.25) is 14.4 Å². The highest BCUT2D eigenvalue weighted by Gasteiger charge is 2.52. The second kappa shape index (κ2) is 7.18. The SMILES string of the molecule is CC1CN(C(=O)C(NC(=O)c2cc3cccnc3s2)C(C)(C)C)[C@@H]2C(=O)CO[C@H]12. The molecule has 2 aromatic rings. The van der Waals surface area contributed by atoms with Gasteiger partial charge in [-0.2, -0.15) is 0 Å². The van der Waals surface area contributed by atoms with Crippen LogP contribution in [0.1, 0.15) is 37.4 Å². The molecule has 0 saturated carbocycles. The van der Waals surface area contributed by atoms with E-state index in [1.54, 1.807) is 17.2 Å². The van der Waals surface area contributed by atoms with E-state index < -0.39 is 17.5 Å². The van der Waals surface area contributed by atoms with Gasteiger partial charge < -0.3 is 15.0 Å². The number of rotatable bonds is 3. The van der Waals surface area contributed by atoms with Crippen LogP contribution in [-0.4, -0.2) is 58.8 Å². The van der Waals surface area contributed by atoms with Crippen LogP contribution >= 0.6 is 11.3 Å². The van der Waals surface area contributed by atoms with Gasteiger partial charge in [-0.15, -0.1) is 11.3 Å². The van der Waals surface area contributed by atoms with Gasteiger partial charge in [0.15, 0.2) is 5.78 Å². The smallest absolute Gasteiger partial charge is 0.262 e. The summed E-state index contributed by atoms with van der Waals surface area (Å²) >= 11 is 1.30. The van der Waals surface area contributed by atoms with E-state index in [0.717, 1.165) is 10.2 Å². The number of hydrogen-bond donors (Lipinski definition) is 1. The Hall–Kier alpha value is -2.32. The van der Waals surface area contributed by atoms with Crippen LogP contribution in [0.2, 0.25) is 0 Å². The van der Waals surface area contributed by atoms with E-state index in [1.807, 2.05) is 39.8 Å². The van der Waals surface area contributed by atoms with E-state index in [4.69, 9.17) is 4.74 Å². The zero-order valence-corrected chi connectivity index (χ0v) is 17.8. The Labute approximate surface area is 173 Å². The van der Waals surface area contributed by atoms with Crippen molar-refractivity contribution in [2.24, 2.45) is 11.3 Å². The van der Waals surface area contributed by atoms with Gasteiger partial charge in [0.1, 0.15) is 23.5 Å². The average molecular weight is 416 g/mol.